The molecular weight excluding hydrogens is 246 g/mol. The lowest BCUT2D eigenvalue weighted by Crippen LogP contribution is -2.18. The highest BCUT2D eigenvalue weighted by molar-refractivity contribution is 9.10. The summed E-state index contributed by atoms with van der Waals surface area (Å²) in [7, 11) is 0. The van der Waals surface area contributed by atoms with Gasteiger partial charge in [0.1, 0.15) is 0 Å². The number of anilines is 2. The highest BCUT2D eigenvalue weighted by Gasteiger charge is 2.18. The summed E-state index contributed by atoms with van der Waals surface area (Å²) in [5.74, 6) is 0.0173. The van der Waals surface area contributed by atoms with Gasteiger partial charge in [-0.1, -0.05) is 0 Å². The molecule has 0 aliphatic carbocycles. The molecule has 0 radical (unpaired) electrons. The van der Waals surface area contributed by atoms with E-state index < -0.39 is 0 Å². The molecule has 5 heteroatoms. The molecule has 2 rings (SSSR count). The third kappa shape index (κ3) is 1.72. The van der Waals surface area contributed by atoms with E-state index in [1.807, 2.05) is 6.92 Å². The van der Waals surface area contributed by atoms with E-state index in [0.29, 0.717) is 6.42 Å². The molecule has 1 aliphatic heterocycles. The number of hydrogen-bond donors (Lipinski definition) is 2. The Morgan fingerprint density at radius 1 is 1.57 bits per heavy atom. The molecule has 0 bridgehead atoms. The number of hydrogen-bond acceptors (Lipinski definition) is 3. The molecule has 0 unspecified atom stereocenters. The Kier molecular flexibility index (Phi) is 2.41. The zero-order chi connectivity index (χ0) is 10.1. The van der Waals surface area contributed by atoms with Crippen LogP contribution in [0, 0.1) is 0 Å². The zero-order valence-electron chi connectivity index (χ0n) is 7.67. The largest absolute Gasteiger partial charge is 0.379 e. The van der Waals surface area contributed by atoms with Gasteiger partial charge < -0.3 is 10.6 Å². The van der Waals surface area contributed by atoms with Crippen LogP contribution in [0.3, 0.4) is 0 Å². The van der Waals surface area contributed by atoms with Gasteiger partial charge in [-0.15, -0.1) is 0 Å². The van der Waals surface area contributed by atoms with Crippen molar-refractivity contribution < 1.29 is 4.79 Å². The highest BCUT2D eigenvalue weighted by atomic mass is 79.9. The van der Waals surface area contributed by atoms with Crippen LogP contribution in [0.25, 0.3) is 0 Å². The van der Waals surface area contributed by atoms with Gasteiger partial charge in [-0.25, -0.2) is 0 Å². The van der Waals surface area contributed by atoms with Gasteiger partial charge in [0, 0.05) is 18.7 Å². The first-order valence-electron chi connectivity index (χ1n) is 4.36. The minimum absolute atomic E-state index is 0.0173. The predicted octanol–water partition coefficient (Wildman–Crippen LogP) is 1.99. The number of aromatic nitrogens is 1. The Balaban J connectivity index is 2.46. The van der Waals surface area contributed by atoms with Crippen molar-refractivity contribution in [2.24, 2.45) is 0 Å². The SMILES string of the molecule is C[C@@H]1CC(=O)Nc2cncc(Br)c2N1. The third-order valence-corrected chi connectivity index (χ3v) is 2.66. The lowest BCUT2D eigenvalue weighted by Gasteiger charge is -2.12. The van der Waals surface area contributed by atoms with Crippen LogP contribution in [-0.4, -0.2) is 16.9 Å². The van der Waals surface area contributed by atoms with E-state index in [2.05, 4.69) is 31.5 Å². The summed E-state index contributed by atoms with van der Waals surface area (Å²) in [6.45, 7) is 1.97. The summed E-state index contributed by atoms with van der Waals surface area (Å²) in [4.78, 5) is 15.4. The smallest absolute Gasteiger partial charge is 0.226 e. The molecular formula is C9H10BrN3O. The maximum atomic E-state index is 11.4. The van der Waals surface area contributed by atoms with Crippen molar-refractivity contribution in [1.29, 1.82) is 0 Å². The number of rotatable bonds is 0. The Bertz CT molecular complexity index is 380. The van der Waals surface area contributed by atoms with E-state index in [-0.39, 0.29) is 11.9 Å². The van der Waals surface area contributed by atoms with Crippen molar-refractivity contribution in [3.05, 3.63) is 16.9 Å². The second-order valence-electron chi connectivity index (χ2n) is 3.34. The standard InChI is InChI=1S/C9H10BrN3O/c1-5-2-8(14)13-7-4-11-3-6(10)9(7)12-5/h3-5,12H,2H2,1H3,(H,13,14)/t5-/m1/s1. The first kappa shape index (κ1) is 9.45. The highest BCUT2D eigenvalue weighted by Crippen LogP contribution is 2.32. The summed E-state index contributed by atoms with van der Waals surface area (Å²) < 4.78 is 0.865. The fourth-order valence-electron chi connectivity index (χ4n) is 1.45. The molecule has 1 atom stereocenters. The van der Waals surface area contributed by atoms with Crippen LogP contribution in [0.5, 0.6) is 0 Å². The lowest BCUT2D eigenvalue weighted by atomic mass is 10.2. The maximum Gasteiger partial charge on any atom is 0.226 e. The number of nitrogens with zero attached hydrogens (tertiary/aromatic N) is 1. The molecule has 1 aromatic heterocycles. The number of pyridine rings is 1. The van der Waals surface area contributed by atoms with E-state index in [0.717, 1.165) is 15.8 Å². The zero-order valence-corrected chi connectivity index (χ0v) is 9.26. The number of halogens is 1. The van der Waals surface area contributed by atoms with Crippen LogP contribution in [-0.2, 0) is 4.79 Å². The molecule has 2 heterocycles. The average molecular weight is 256 g/mol. The van der Waals surface area contributed by atoms with Gasteiger partial charge in [0.2, 0.25) is 5.91 Å². The topological polar surface area (TPSA) is 54.0 Å². The summed E-state index contributed by atoms with van der Waals surface area (Å²) in [5, 5.41) is 6.05. The summed E-state index contributed by atoms with van der Waals surface area (Å²) in [5.41, 5.74) is 1.63. The molecule has 1 aromatic rings. The van der Waals surface area contributed by atoms with Crippen LogP contribution < -0.4 is 10.6 Å². The number of amides is 1. The van der Waals surface area contributed by atoms with Crippen LogP contribution >= 0.6 is 15.9 Å². The molecule has 1 aliphatic rings. The number of carbonyl (C=O) groups is 1. The number of carbonyl (C=O) groups excluding carboxylic acids is 1. The van der Waals surface area contributed by atoms with Crippen molar-refractivity contribution in [2.75, 3.05) is 10.6 Å². The second-order valence-corrected chi connectivity index (χ2v) is 4.20. The van der Waals surface area contributed by atoms with Gasteiger partial charge >= 0.3 is 0 Å². The van der Waals surface area contributed by atoms with Crippen molar-refractivity contribution in [1.82, 2.24) is 4.98 Å². The van der Waals surface area contributed by atoms with E-state index in [1.54, 1.807) is 12.4 Å². The van der Waals surface area contributed by atoms with Gasteiger partial charge in [0.15, 0.2) is 0 Å². The third-order valence-electron chi connectivity index (χ3n) is 2.06. The molecule has 2 N–H and O–H groups in total. The minimum Gasteiger partial charge on any atom is -0.379 e. The summed E-state index contributed by atoms with van der Waals surface area (Å²) in [6, 6.07) is 0.134. The van der Waals surface area contributed by atoms with Crippen molar-refractivity contribution in [2.45, 2.75) is 19.4 Å². The Hall–Kier alpha value is -1.10. The molecule has 0 saturated heterocycles. The molecule has 0 saturated carbocycles. The second kappa shape index (κ2) is 3.57. The fourth-order valence-corrected chi connectivity index (χ4v) is 1.90. The first-order chi connectivity index (χ1) is 6.66. The van der Waals surface area contributed by atoms with Crippen molar-refractivity contribution >= 4 is 33.2 Å². The van der Waals surface area contributed by atoms with Gasteiger partial charge in [-0.2, -0.15) is 0 Å². The van der Waals surface area contributed by atoms with Crippen molar-refractivity contribution in [3.63, 3.8) is 0 Å². The van der Waals surface area contributed by atoms with Gasteiger partial charge in [-0.3, -0.25) is 9.78 Å². The van der Waals surface area contributed by atoms with Gasteiger partial charge in [0.25, 0.3) is 0 Å². The Morgan fingerprint density at radius 3 is 3.14 bits per heavy atom. The predicted molar refractivity (Wildman–Crippen MR) is 58.3 cm³/mol. The van der Waals surface area contributed by atoms with E-state index in [9.17, 15) is 4.79 Å². The summed E-state index contributed by atoms with van der Waals surface area (Å²) in [6.07, 6.45) is 3.82. The van der Waals surface area contributed by atoms with Crippen LogP contribution in [0.15, 0.2) is 16.9 Å². The van der Waals surface area contributed by atoms with Gasteiger partial charge in [0.05, 0.1) is 22.0 Å². The molecule has 14 heavy (non-hydrogen) atoms. The summed E-state index contributed by atoms with van der Waals surface area (Å²) >= 11 is 3.39. The number of nitrogens with one attached hydrogen (secondary N) is 2. The van der Waals surface area contributed by atoms with Crippen LogP contribution in [0.2, 0.25) is 0 Å². The molecule has 1 amide bonds. The van der Waals surface area contributed by atoms with E-state index in [4.69, 9.17) is 0 Å². The normalized spacial score (nSPS) is 20.4. The fraction of sp³-hybridized carbons (Fsp3) is 0.333. The van der Waals surface area contributed by atoms with Crippen molar-refractivity contribution in [3.8, 4) is 0 Å². The first-order valence-corrected chi connectivity index (χ1v) is 5.16. The lowest BCUT2D eigenvalue weighted by molar-refractivity contribution is -0.116. The molecule has 4 nitrogen and oxygen atoms in total. The quantitative estimate of drug-likeness (QED) is 0.746. The Labute approximate surface area is 90.2 Å². The molecule has 74 valence electrons. The average Bonchev–Trinajstić information content (AvgIpc) is 2.23. The van der Waals surface area contributed by atoms with Gasteiger partial charge in [-0.05, 0) is 22.9 Å². The molecule has 0 fully saturated rings. The number of fused-ring (bicyclic) bond motifs is 1. The van der Waals surface area contributed by atoms with Crippen LogP contribution in [0.1, 0.15) is 13.3 Å². The van der Waals surface area contributed by atoms with Crippen LogP contribution in [0.4, 0.5) is 11.4 Å². The van der Waals surface area contributed by atoms with E-state index in [1.165, 1.54) is 0 Å². The maximum absolute atomic E-state index is 11.4. The monoisotopic (exact) mass is 255 g/mol. The molecule has 0 spiro atoms. The minimum atomic E-state index is 0.0173. The Morgan fingerprint density at radius 2 is 2.36 bits per heavy atom. The molecule has 0 aromatic carbocycles. The van der Waals surface area contributed by atoms with E-state index >= 15 is 0 Å².